The Morgan fingerprint density at radius 3 is 3.00 bits per heavy atom. The first-order valence-electron chi connectivity index (χ1n) is 5.43. The van der Waals surface area contributed by atoms with Crippen molar-refractivity contribution in [3.05, 3.63) is 39.8 Å². The van der Waals surface area contributed by atoms with Crippen molar-refractivity contribution in [2.75, 3.05) is 13.1 Å². The third-order valence-corrected chi connectivity index (χ3v) is 2.80. The molecule has 0 spiro atoms. The minimum Gasteiger partial charge on any atom is -0.328 e. The average Bonchev–Trinajstić information content (AvgIpc) is 2.31. The fourth-order valence-electron chi connectivity index (χ4n) is 1.86. The quantitative estimate of drug-likeness (QED) is 0.763. The van der Waals surface area contributed by atoms with Crippen molar-refractivity contribution < 1.29 is 0 Å². The lowest BCUT2D eigenvalue weighted by Gasteiger charge is -2.14. The first-order valence-corrected chi connectivity index (χ1v) is 5.43. The second-order valence-corrected chi connectivity index (χ2v) is 3.78. The highest BCUT2D eigenvalue weighted by Gasteiger charge is 2.07. The van der Waals surface area contributed by atoms with Crippen LogP contribution in [0.3, 0.4) is 0 Å². The summed E-state index contributed by atoms with van der Waals surface area (Å²) in [4.78, 5) is 14.2. The van der Waals surface area contributed by atoms with Crippen molar-refractivity contribution >= 4 is 5.57 Å². The molecule has 0 aliphatic carbocycles. The van der Waals surface area contributed by atoms with Crippen molar-refractivity contribution in [3.63, 3.8) is 0 Å². The maximum atomic E-state index is 11.4. The molecular weight excluding hydrogens is 188 g/mol. The van der Waals surface area contributed by atoms with Gasteiger partial charge in [0.1, 0.15) is 0 Å². The summed E-state index contributed by atoms with van der Waals surface area (Å²) in [6.07, 6.45) is 5.83. The number of aromatic amines is 1. The Balaban J connectivity index is 2.36. The molecule has 1 aromatic rings. The van der Waals surface area contributed by atoms with Gasteiger partial charge in [0.2, 0.25) is 0 Å². The Morgan fingerprint density at radius 1 is 1.47 bits per heavy atom. The molecule has 2 heterocycles. The first kappa shape index (κ1) is 10.2. The van der Waals surface area contributed by atoms with E-state index >= 15 is 0 Å². The van der Waals surface area contributed by atoms with E-state index in [0.29, 0.717) is 0 Å². The molecule has 15 heavy (non-hydrogen) atoms. The Morgan fingerprint density at radius 2 is 2.33 bits per heavy atom. The smallest absolute Gasteiger partial charge is 0.251 e. The summed E-state index contributed by atoms with van der Waals surface area (Å²) in [5, 5.41) is 3.28. The predicted octanol–water partition coefficient (Wildman–Crippen LogP) is 1.31. The number of aryl methyl sites for hydroxylation is 1. The number of pyridine rings is 1. The maximum absolute atomic E-state index is 11.4. The molecule has 2 rings (SSSR count). The Kier molecular flexibility index (Phi) is 3.02. The van der Waals surface area contributed by atoms with Gasteiger partial charge in [0, 0.05) is 18.3 Å². The molecule has 1 aliphatic heterocycles. The van der Waals surface area contributed by atoms with E-state index in [9.17, 15) is 4.79 Å². The van der Waals surface area contributed by atoms with Gasteiger partial charge in [0.15, 0.2) is 0 Å². The zero-order valence-electron chi connectivity index (χ0n) is 8.97. The van der Waals surface area contributed by atoms with Gasteiger partial charge >= 0.3 is 0 Å². The fraction of sp³-hybridized carbons (Fsp3) is 0.417. The lowest BCUT2D eigenvalue weighted by atomic mass is 10.0. The second kappa shape index (κ2) is 4.45. The molecule has 3 heteroatoms. The molecule has 80 valence electrons. The number of aromatic nitrogens is 1. The van der Waals surface area contributed by atoms with Crippen LogP contribution in [0.15, 0.2) is 23.1 Å². The van der Waals surface area contributed by atoms with Crippen LogP contribution in [0, 0.1) is 0 Å². The van der Waals surface area contributed by atoms with E-state index in [2.05, 4.69) is 16.4 Å². The van der Waals surface area contributed by atoms with Crippen LogP contribution >= 0.6 is 0 Å². The molecule has 0 bridgehead atoms. The predicted molar refractivity (Wildman–Crippen MR) is 61.9 cm³/mol. The summed E-state index contributed by atoms with van der Waals surface area (Å²) in [6, 6.07) is 2.01. The van der Waals surface area contributed by atoms with Gasteiger partial charge in [-0.15, -0.1) is 0 Å². The molecule has 0 aromatic carbocycles. The summed E-state index contributed by atoms with van der Waals surface area (Å²) in [6.45, 7) is 3.95. The number of hydrogen-bond acceptors (Lipinski definition) is 2. The van der Waals surface area contributed by atoms with E-state index in [4.69, 9.17) is 0 Å². The van der Waals surface area contributed by atoms with Crippen LogP contribution in [-0.4, -0.2) is 18.1 Å². The standard InChI is InChI=1S/C12H16N2O/c1-2-9-7-11(8-14-12(9)15)10-3-5-13-6-4-10/h3,7-8,13H,2,4-6H2,1H3,(H,14,15). The molecule has 0 saturated carbocycles. The van der Waals surface area contributed by atoms with Crippen LogP contribution in [0.4, 0.5) is 0 Å². The monoisotopic (exact) mass is 204 g/mol. The highest BCUT2D eigenvalue weighted by Crippen LogP contribution is 2.18. The maximum Gasteiger partial charge on any atom is 0.251 e. The van der Waals surface area contributed by atoms with Gasteiger partial charge in [0.25, 0.3) is 5.56 Å². The molecule has 0 amide bonds. The lowest BCUT2D eigenvalue weighted by molar-refractivity contribution is 0.738. The van der Waals surface area contributed by atoms with E-state index in [1.807, 2.05) is 19.2 Å². The number of hydrogen-bond donors (Lipinski definition) is 2. The van der Waals surface area contributed by atoms with Gasteiger partial charge in [-0.05, 0) is 36.6 Å². The van der Waals surface area contributed by atoms with E-state index in [1.54, 1.807) is 0 Å². The molecule has 3 nitrogen and oxygen atoms in total. The zero-order valence-corrected chi connectivity index (χ0v) is 8.97. The van der Waals surface area contributed by atoms with Crippen LogP contribution in [0.25, 0.3) is 5.57 Å². The fourth-order valence-corrected chi connectivity index (χ4v) is 1.86. The van der Waals surface area contributed by atoms with Crippen LogP contribution in [0.1, 0.15) is 24.5 Å². The summed E-state index contributed by atoms with van der Waals surface area (Å²) in [5.74, 6) is 0. The molecule has 0 fully saturated rings. The Labute approximate surface area is 89.2 Å². The summed E-state index contributed by atoms with van der Waals surface area (Å²) < 4.78 is 0. The third-order valence-electron chi connectivity index (χ3n) is 2.80. The van der Waals surface area contributed by atoms with E-state index in [1.165, 1.54) is 5.57 Å². The molecule has 0 unspecified atom stereocenters. The summed E-state index contributed by atoms with van der Waals surface area (Å²) in [7, 11) is 0. The highest BCUT2D eigenvalue weighted by molar-refractivity contribution is 5.66. The van der Waals surface area contributed by atoms with Crippen molar-refractivity contribution in [3.8, 4) is 0 Å². The number of rotatable bonds is 2. The van der Waals surface area contributed by atoms with Crippen LogP contribution in [0.5, 0.6) is 0 Å². The highest BCUT2D eigenvalue weighted by atomic mass is 16.1. The largest absolute Gasteiger partial charge is 0.328 e. The minimum atomic E-state index is 0.0378. The van der Waals surface area contributed by atoms with Crippen LogP contribution < -0.4 is 10.9 Å². The SMILES string of the molecule is CCc1cc(C2=CCNCC2)c[nH]c1=O. The van der Waals surface area contributed by atoms with E-state index in [-0.39, 0.29) is 5.56 Å². The third kappa shape index (κ3) is 2.18. The second-order valence-electron chi connectivity index (χ2n) is 3.78. The normalized spacial score (nSPS) is 16.2. The minimum absolute atomic E-state index is 0.0378. The van der Waals surface area contributed by atoms with E-state index < -0.39 is 0 Å². The van der Waals surface area contributed by atoms with Crippen molar-refractivity contribution in [1.82, 2.24) is 10.3 Å². The van der Waals surface area contributed by atoms with Gasteiger partial charge in [0.05, 0.1) is 0 Å². The summed E-state index contributed by atoms with van der Waals surface area (Å²) >= 11 is 0. The van der Waals surface area contributed by atoms with Gasteiger partial charge in [-0.2, -0.15) is 0 Å². The molecule has 0 atom stereocenters. The Hall–Kier alpha value is -1.35. The average molecular weight is 204 g/mol. The van der Waals surface area contributed by atoms with Crippen molar-refractivity contribution in [1.29, 1.82) is 0 Å². The molecule has 0 saturated heterocycles. The molecule has 2 N–H and O–H groups in total. The van der Waals surface area contributed by atoms with Gasteiger partial charge < -0.3 is 10.3 Å². The van der Waals surface area contributed by atoms with Crippen LogP contribution in [0.2, 0.25) is 0 Å². The van der Waals surface area contributed by atoms with E-state index in [0.717, 1.165) is 37.1 Å². The topological polar surface area (TPSA) is 44.9 Å². The molecule has 1 aromatic heterocycles. The number of H-pyrrole nitrogens is 1. The zero-order chi connectivity index (χ0) is 10.7. The lowest BCUT2D eigenvalue weighted by Crippen LogP contribution is -2.20. The first-order chi connectivity index (χ1) is 7.31. The van der Waals surface area contributed by atoms with Crippen molar-refractivity contribution in [2.24, 2.45) is 0 Å². The van der Waals surface area contributed by atoms with Gasteiger partial charge in [-0.25, -0.2) is 0 Å². The Bertz CT molecular complexity index is 431. The van der Waals surface area contributed by atoms with Crippen LogP contribution in [-0.2, 0) is 6.42 Å². The van der Waals surface area contributed by atoms with Crippen molar-refractivity contribution in [2.45, 2.75) is 19.8 Å². The molecule has 0 radical (unpaired) electrons. The number of nitrogens with one attached hydrogen (secondary N) is 2. The summed E-state index contributed by atoms with van der Waals surface area (Å²) in [5.41, 5.74) is 3.40. The molecular formula is C12H16N2O. The molecule has 1 aliphatic rings. The van der Waals surface area contributed by atoms with Gasteiger partial charge in [-0.1, -0.05) is 13.0 Å². The van der Waals surface area contributed by atoms with Gasteiger partial charge in [-0.3, -0.25) is 4.79 Å².